The summed E-state index contributed by atoms with van der Waals surface area (Å²) in [6, 6.07) is 10.7. The number of allylic oxidation sites excluding steroid dienone is 5. The van der Waals surface area contributed by atoms with Gasteiger partial charge in [-0.25, -0.2) is 0 Å². The summed E-state index contributed by atoms with van der Waals surface area (Å²) >= 11 is 1.82. The first-order valence-electron chi connectivity index (χ1n) is 10.5. The molecule has 30 heavy (non-hydrogen) atoms. The highest BCUT2D eigenvalue weighted by atomic mass is 32.1. The molecular weight excluding hydrogens is 392 g/mol. The molecule has 158 valence electrons. The Morgan fingerprint density at radius 1 is 1.30 bits per heavy atom. The average molecular weight is 423 g/mol. The second-order valence-corrected chi connectivity index (χ2v) is 9.74. The molecule has 1 saturated carbocycles. The van der Waals surface area contributed by atoms with Gasteiger partial charge in [0.1, 0.15) is 5.78 Å². The Hall–Kier alpha value is -2.46. The maximum Gasteiger partial charge on any atom is 0.303 e. The summed E-state index contributed by atoms with van der Waals surface area (Å²) in [5, 5.41) is 9.97. The lowest BCUT2D eigenvalue weighted by Crippen LogP contribution is -2.16. The van der Waals surface area contributed by atoms with Crippen molar-refractivity contribution in [2.45, 2.75) is 51.4 Å². The lowest BCUT2D eigenvalue weighted by molar-refractivity contribution is -0.137. The van der Waals surface area contributed by atoms with E-state index in [9.17, 15) is 9.59 Å². The van der Waals surface area contributed by atoms with Crippen LogP contribution >= 0.6 is 11.3 Å². The number of aliphatic carboxylic acids is 1. The number of unbranched alkanes of at least 4 members (excludes halogenated alkanes) is 1. The molecule has 1 aliphatic carbocycles. The number of benzene rings is 1. The van der Waals surface area contributed by atoms with Gasteiger partial charge in [0.2, 0.25) is 0 Å². The van der Waals surface area contributed by atoms with Gasteiger partial charge in [-0.3, -0.25) is 9.59 Å². The lowest BCUT2D eigenvalue weighted by atomic mass is 9.85. The third kappa shape index (κ3) is 5.37. The van der Waals surface area contributed by atoms with E-state index in [-0.39, 0.29) is 29.5 Å². The van der Waals surface area contributed by atoms with Crippen LogP contribution in [0.15, 0.2) is 66.8 Å². The molecule has 1 aromatic heterocycles. The van der Waals surface area contributed by atoms with Crippen molar-refractivity contribution in [1.82, 2.24) is 0 Å². The Morgan fingerprint density at radius 3 is 2.80 bits per heavy atom. The van der Waals surface area contributed by atoms with Crippen LogP contribution in [0.1, 0.15) is 50.8 Å². The molecule has 0 amide bonds. The van der Waals surface area contributed by atoms with E-state index in [4.69, 9.17) is 5.11 Å². The van der Waals surface area contributed by atoms with E-state index in [1.54, 1.807) is 0 Å². The van der Waals surface area contributed by atoms with Crippen molar-refractivity contribution in [3.63, 3.8) is 0 Å². The van der Waals surface area contributed by atoms with Crippen LogP contribution in [0.25, 0.3) is 10.1 Å². The smallest absolute Gasteiger partial charge is 0.303 e. The summed E-state index contributed by atoms with van der Waals surface area (Å²) in [5.74, 6) is -0.515. The van der Waals surface area contributed by atoms with Crippen LogP contribution in [-0.2, 0) is 15.0 Å². The average Bonchev–Trinajstić information content (AvgIpc) is 3.24. The van der Waals surface area contributed by atoms with E-state index in [0.29, 0.717) is 19.3 Å². The molecule has 0 radical (unpaired) electrons. The van der Waals surface area contributed by atoms with Crippen molar-refractivity contribution < 1.29 is 14.7 Å². The molecule has 0 bridgehead atoms. The van der Waals surface area contributed by atoms with Crippen LogP contribution in [0.3, 0.4) is 0 Å². The predicted molar refractivity (Wildman–Crippen MR) is 125 cm³/mol. The number of hydrogen-bond acceptors (Lipinski definition) is 3. The van der Waals surface area contributed by atoms with Crippen molar-refractivity contribution in [3.05, 3.63) is 71.7 Å². The minimum absolute atomic E-state index is 0.0647. The van der Waals surface area contributed by atoms with Gasteiger partial charge in [0, 0.05) is 39.7 Å². The minimum Gasteiger partial charge on any atom is -0.481 e. The number of fused-ring (bicyclic) bond motifs is 1. The van der Waals surface area contributed by atoms with Gasteiger partial charge in [-0.15, -0.1) is 11.3 Å². The second kappa shape index (κ2) is 9.57. The minimum atomic E-state index is -0.767. The highest BCUT2D eigenvalue weighted by Gasteiger charge is 2.35. The third-order valence-electron chi connectivity index (χ3n) is 5.82. The van der Waals surface area contributed by atoms with Crippen molar-refractivity contribution in [2.24, 2.45) is 11.8 Å². The molecule has 4 heteroatoms. The number of hydrogen-bond donors (Lipinski definition) is 1. The van der Waals surface area contributed by atoms with Gasteiger partial charge < -0.3 is 5.11 Å². The number of carbonyl (C=O) groups excluding carboxylic acids is 1. The Kier molecular flexibility index (Phi) is 7.09. The molecule has 3 nitrogen and oxygen atoms in total. The molecule has 0 saturated heterocycles. The van der Waals surface area contributed by atoms with Crippen molar-refractivity contribution in [1.29, 1.82) is 0 Å². The maximum atomic E-state index is 12.5. The highest BCUT2D eigenvalue weighted by molar-refractivity contribution is 7.19. The van der Waals surface area contributed by atoms with Gasteiger partial charge in [-0.1, -0.05) is 68.5 Å². The predicted octanol–water partition coefficient (Wildman–Crippen LogP) is 6.70. The van der Waals surface area contributed by atoms with Crippen LogP contribution in [-0.4, -0.2) is 16.9 Å². The van der Waals surface area contributed by atoms with Gasteiger partial charge in [0.15, 0.2) is 0 Å². The van der Waals surface area contributed by atoms with Gasteiger partial charge in [-0.05, 0) is 36.8 Å². The van der Waals surface area contributed by atoms with Crippen LogP contribution in [0.4, 0.5) is 0 Å². The van der Waals surface area contributed by atoms with Gasteiger partial charge in [0.05, 0.1) is 0 Å². The van der Waals surface area contributed by atoms with Crippen LogP contribution < -0.4 is 0 Å². The molecule has 3 rings (SSSR count). The van der Waals surface area contributed by atoms with E-state index in [0.717, 1.165) is 12.0 Å². The number of carbonyl (C=O) groups is 2. The zero-order valence-electron chi connectivity index (χ0n) is 17.8. The largest absolute Gasteiger partial charge is 0.481 e. The Bertz CT molecular complexity index is 960. The molecular formula is C26H30O3S. The molecule has 0 unspecified atom stereocenters. The molecule has 1 N–H and O–H groups in total. The zero-order valence-corrected chi connectivity index (χ0v) is 18.6. The van der Waals surface area contributed by atoms with E-state index < -0.39 is 5.97 Å². The fourth-order valence-corrected chi connectivity index (χ4v) is 5.11. The van der Waals surface area contributed by atoms with E-state index >= 15 is 0 Å². The van der Waals surface area contributed by atoms with E-state index in [1.165, 1.54) is 15.0 Å². The molecule has 0 spiro atoms. The summed E-state index contributed by atoms with van der Waals surface area (Å²) in [7, 11) is 0. The van der Waals surface area contributed by atoms with Gasteiger partial charge in [0.25, 0.3) is 0 Å². The Labute approximate surface area is 182 Å². The summed E-state index contributed by atoms with van der Waals surface area (Å²) in [4.78, 5) is 24.4. The fraction of sp³-hybridized carbons (Fsp3) is 0.385. The topological polar surface area (TPSA) is 54.4 Å². The summed E-state index contributed by atoms with van der Waals surface area (Å²) in [5.41, 5.74) is 0.875. The quantitative estimate of drug-likeness (QED) is 0.361. The highest BCUT2D eigenvalue weighted by Crippen LogP contribution is 2.39. The fourth-order valence-electron chi connectivity index (χ4n) is 3.96. The first kappa shape index (κ1) is 22.2. The number of carboxylic acids is 1. The normalized spacial score (nSPS) is 20.2. The van der Waals surface area contributed by atoms with Crippen LogP contribution in [0.5, 0.6) is 0 Å². The molecule has 2 atom stereocenters. The van der Waals surface area contributed by atoms with Crippen LogP contribution in [0.2, 0.25) is 0 Å². The molecule has 2 aromatic rings. The van der Waals surface area contributed by atoms with E-state index in [2.05, 4.69) is 62.9 Å². The number of Topliss-reactive ketones (excluding diaryl/α,β-unsaturated/α-hetero) is 1. The summed E-state index contributed by atoms with van der Waals surface area (Å²) < 4.78 is 1.29. The molecule has 0 aliphatic heterocycles. The Morgan fingerprint density at radius 2 is 2.07 bits per heavy atom. The van der Waals surface area contributed by atoms with Crippen LogP contribution in [0, 0.1) is 11.8 Å². The van der Waals surface area contributed by atoms with Gasteiger partial charge >= 0.3 is 5.97 Å². The van der Waals surface area contributed by atoms with Crippen molar-refractivity contribution in [2.75, 3.05) is 0 Å². The Balaban J connectivity index is 1.68. The summed E-state index contributed by atoms with van der Waals surface area (Å²) in [6.07, 6.45) is 11.1. The molecule has 1 fully saturated rings. The first-order valence-corrected chi connectivity index (χ1v) is 11.3. The number of ketones is 1. The third-order valence-corrected chi connectivity index (χ3v) is 7.27. The standard InChI is InChI=1S/C26H30O3S/c1-18-16-22(27)21(11-6-4-5-7-13-25(28)29)20(18)14-15-26(2,3)24-17-19-10-8-9-12-23(19)30-24/h4,6,8-10,12,14-15,17,20-21H,1,5,7,11,13,16H2,2-3H3,(H,28,29)/t20-,21+/m0/s1. The van der Waals surface area contributed by atoms with E-state index in [1.807, 2.05) is 23.5 Å². The SMILES string of the molecule is C=C1CC(=O)[C@H](CC=CCCCC(=O)O)[C@H]1C=CC(C)(C)c1cc2ccccc2s1. The zero-order chi connectivity index (χ0) is 21.7. The molecule has 1 aliphatic rings. The first-order chi connectivity index (χ1) is 14.3. The second-order valence-electron chi connectivity index (χ2n) is 8.66. The summed E-state index contributed by atoms with van der Waals surface area (Å²) in [6.45, 7) is 8.59. The number of carboxylic acid groups (broad SMARTS) is 1. The van der Waals surface area contributed by atoms with Crippen molar-refractivity contribution >= 4 is 33.2 Å². The number of rotatable bonds is 9. The van der Waals surface area contributed by atoms with Gasteiger partial charge in [-0.2, -0.15) is 0 Å². The number of thiophene rings is 1. The molecule has 1 aromatic carbocycles. The molecule has 1 heterocycles. The lowest BCUT2D eigenvalue weighted by Gasteiger charge is -2.21. The monoisotopic (exact) mass is 422 g/mol. The van der Waals surface area contributed by atoms with Crippen molar-refractivity contribution in [3.8, 4) is 0 Å². The maximum absolute atomic E-state index is 12.5.